The van der Waals surface area contributed by atoms with Gasteiger partial charge in [0.05, 0.1) is 18.8 Å². The molecule has 0 saturated carbocycles. The molecule has 30 heavy (non-hydrogen) atoms. The number of rotatable bonds is 6. The van der Waals surface area contributed by atoms with Crippen molar-refractivity contribution in [2.75, 3.05) is 11.4 Å². The van der Waals surface area contributed by atoms with E-state index in [9.17, 15) is 19.2 Å². The van der Waals surface area contributed by atoms with Crippen molar-refractivity contribution in [3.63, 3.8) is 0 Å². The Balaban J connectivity index is 2.06. The fourth-order valence-corrected chi connectivity index (χ4v) is 4.47. The Morgan fingerprint density at radius 3 is 2.20 bits per heavy atom. The number of amides is 1. The number of aromatic nitrogens is 3. The first-order valence-corrected chi connectivity index (χ1v) is 10.5. The van der Waals surface area contributed by atoms with Crippen molar-refractivity contribution in [1.82, 2.24) is 13.7 Å². The van der Waals surface area contributed by atoms with Crippen LogP contribution >= 0.6 is 11.8 Å². The number of nitrogens with zero attached hydrogens (tertiary/aromatic N) is 4. The summed E-state index contributed by atoms with van der Waals surface area (Å²) in [5.74, 6) is -0.384. The number of benzene rings is 1. The first kappa shape index (κ1) is 21.6. The minimum Gasteiger partial charge on any atom is -0.310 e. The summed E-state index contributed by atoms with van der Waals surface area (Å²) in [5.41, 5.74) is -1.65. The molecule has 0 radical (unpaired) electrons. The van der Waals surface area contributed by atoms with Crippen LogP contribution in [0.1, 0.15) is 13.3 Å². The largest absolute Gasteiger partial charge is 0.337 e. The molecule has 0 bridgehead atoms. The molecule has 1 aliphatic rings. The molecular formula is C21H24N4O4S. The topological polar surface area (TPSA) is 86.3 Å². The van der Waals surface area contributed by atoms with Crippen LogP contribution in [0.25, 0.3) is 0 Å². The Kier molecular flexibility index (Phi) is 6.61. The minimum atomic E-state index is -0.829. The number of hydrogen-bond donors (Lipinski definition) is 0. The van der Waals surface area contributed by atoms with Crippen LogP contribution in [0.4, 0.5) is 5.69 Å². The van der Waals surface area contributed by atoms with Gasteiger partial charge in [0.1, 0.15) is 6.54 Å². The zero-order chi connectivity index (χ0) is 21.8. The second-order valence-electron chi connectivity index (χ2n) is 6.96. The van der Waals surface area contributed by atoms with E-state index < -0.39 is 23.6 Å². The predicted molar refractivity (Wildman–Crippen MR) is 118 cm³/mol. The summed E-state index contributed by atoms with van der Waals surface area (Å²) in [4.78, 5) is 53.9. The molecule has 9 heteroatoms. The SMILES string of the molecule is C=CCn1c(=O)n(CC=C)c(=O)n(CC(=O)N2CCC(C)Sc3ccccc32)c1=O. The number of fused-ring (bicyclic) bond motifs is 1. The quantitative estimate of drug-likeness (QED) is 0.651. The van der Waals surface area contributed by atoms with Crippen molar-refractivity contribution >= 4 is 23.4 Å². The number of carbonyl (C=O) groups is 1. The molecule has 1 aromatic heterocycles. The van der Waals surface area contributed by atoms with Gasteiger partial charge >= 0.3 is 17.1 Å². The van der Waals surface area contributed by atoms with Crippen molar-refractivity contribution < 1.29 is 4.79 Å². The first-order chi connectivity index (χ1) is 14.4. The van der Waals surface area contributed by atoms with Gasteiger partial charge in [-0.05, 0) is 18.6 Å². The molecule has 0 fully saturated rings. The van der Waals surface area contributed by atoms with Gasteiger partial charge in [0.2, 0.25) is 5.91 Å². The summed E-state index contributed by atoms with van der Waals surface area (Å²) < 4.78 is 2.58. The molecule has 1 aliphatic heterocycles. The van der Waals surface area contributed by atoms with Gasteiger partial charge in [-0.25, -0.2) is 28.1 Å². The molecule has 0 saturated heterocycles. The second kappa shape index (κ2) is 9.17. The number of para-hydroxylation sites is 1. The molecule has 0 aliphatic carbocycles. The average Bonchev–Trinajstić information content (AvgIpc) is 2.90. The maximum atomic E-state index is 13.2. The number of allylic oxidation sites excluding steroid dienone is 2. The van der Waals surface area contributed by atoms with E-state index in [4.69, 9.17) is 0 Å². The van der Waals surface area contributed by atoms with Crippen LogP contribution in [-0.2, 0) is 24.4 Å². The Bertz CT molecular complexity index is 1110. The van der Waals surface area contributed by atoms with Crippen molar-refractivity contribution in [3.05, 3.63) is 81.0 Å². The van der Waals surface area contributed by atoms with Crippen LogP contribution in [0.5, 0.6) is 0 Å². The number of thioether (sulfide) groups is 1. The van der Waals surface area contributed by atoms with Gasteiger partial charge in [-0.1, -0.05) is 31.2 Å². The Labute approximate surface area is 177 Å². The van der Waals surface area contributed by atoms with Crippen molar-refractivity contribution in [3.8, 4) is 0 Å². The summed E-state index contributed by atoms with van der Waals surface area (Å²) in [7, 11) is 0. The highest BCUT2D eigenvalue weighted by Crippen LogP contribution is 2.37. The standard InChI is InChI=1S/C21H24N4O4S/c1-4-11-23-19(27)24(12-5-2)21(29)25(20(23)28)14-18(26)22-13-10-15(3)30-17-9-7-6-8-16(17)22/h4-9,15H,1-2,10-14H2,3H3. The molecule has 0 spiro atoms. The molecule has 3 rings (SSSR count). The third kappa shape index (κ3) is 4.11. The fourth-order valence-electron chi connectivity index (χ4n) is 3.35. The zero-order valence-corrected chi connectivity index (χ0v) is 17.6. The Hall–Kier alpha value is -3.07. The average molecular weight is 429 g/mol. The fraction of sp³-hybridized carbons (Fsp3) is 0.333. The summed E-state index contributed by atoms with van der Waals surface area (Å²) >= 11 is 1.69. The van der Waals surface area contributed by atoms with Crippen LogP contribution in [-0.4, -0.2) is 31.4 Å². The van der Waals surface area contributed by atoms with Crippen LogP contribution < -0.4 is 22.0 Å². The Morgan fingerprint density at radius 2 is 1.60 bits per heavy atom. The lowest BCUT2D eigenvalue weighted by Crippen LogP contribution is -2.55. The van der Waals surface area contributed by atoms with Gasteiger partial charge in [0.15, 0.2) is 0 Å². The highest BCUT2D eigenvalue weighted by Gasteiger charge is 2.26. The second-order valence-corrected chi connectivity index (χ2v) is 8.44. The Morgan fingerprint density at radius 1 is 1.03 bits per heavy atom. The van der Waals surface area contributed by atoms with Gasteiger partial charge in [-0.15, -0.1) is 24.9 Å². The van der Waals surface area contributed by atoms with Crippen molar-refractivity contribution in [1.29, 1.82) is 0 Å². The maximum absolute atomic E-state index is 13.2. The predicted octanol–water partition coefficient (Wildman–Crippen LogP) is 1.46. The van der Waals surface area contributed by atoms with Gasteiger partial charge in [-0.2, -0.15) is 0 Å². The molecule has 2 aromatic rings. The molecule has 8 nitrogen and oxygen atoms in total. The van der Waals surface area contributed by atoms with Gasteiger partial charge in [-0.3, -0.25) is 4.79 Å². The molecule has 2 heterocycles. The van der Waals surface area contributed by atoms with Crippen molar-refractivity contribution in [2.24, 2.45) is 0 Å². The van der Waals surface area contributed by atoms with E-state index in [-0.39, 0.29) is 19.0 Å². The lowest BCUT2D eigenvalue weighted by Gasteiger charge is -2.23. The molecule has 0 N–H and O–H groups in total. The van der Waals surface area contributed by atoms with Crippen LogP contribution in [0, 0.1) is 0 Å². The number of hydrogen-bond acceptors (Lipinski definition) is 5. The summed E-state index contributed by atoms with van der Waals surface area (Å²) in [6.07, 6.45) is 3.55. The summed E-state index contributed by atoms with van der Waals surface area (Å²) in [6, 6.07) is 7.57. The molecule has 1 unspecified atom stereocenters. The maximum Gasteiger partial charge on any atom is 0.337 e. The van der Waals surface area contributed by atoms with Gasteiger partial charge in [0, 0.05) is 16.7 Å². The van der Waals surface area contributed by atoms with Crippen LogP contribution in [0.3, 0.4) is 0 Å². The van der Waals surface area contributed by atoms with Crippen LogP contribution in [0.15, 0.2) is 68.9 Å². The lowest BCUT2D eigenvalue weighted by molar-refractivity contribution is -0.119. The van der Waals surface area contributed by atoms with E-state index in [2.05, 4.69) is 20.1 Å². The molecule has 1 amide bonds. The molecule has 158 valence electrons. The monoisotopic (exact) mass is 428 g/mol. The van der Waals surface area contributed by atoms with E-state index in [1.54, 1.807) is 16.7 Å². The highest BCUT2D eigenvalue weighted by molar-refractivity contribution is 8.00. The van der Waals surface area contributed by atoms with E-state index >= 15 is 0 Å². The lowest BCUT2D eigenvalue weighted by atomic mass is 10.2. The van der Waals surface area contributed by atoms with E-state index in [1.165, 1.54) is 12.2 Å². The van der Waals surface area contributed by atoms with Gasteiger partial charge in [0.25, 0.3) is 0 Å². The van der Waals surface area contributed by atoms with Crippen molar-refractivity contribution in [2.45, 2.75) is 43.1 Å². The third-order valence-corrected chi connectivity index (χ3v) is 6.08. The molecular weight excluding hydrogens is 404 g/mol. The van der Waals surface area contributed by atoms with Crippen LogP contribution in [0.2, 0.25) is 0 Å². The number of carbonyl (C=O) groups excluding carboxylic acids is 1. The summed E-state index contributed by atoms with van der Waals surface area (Å²) in [6.45, 7) is 9.08. The molecule has 1 aromatic carbocycles. The third-order valence-electron chi connectivity index (χ3n) is 4.85. The summed E-state index contributed by atoms with van der Waals surface area (Å²) in [5, 5.41) is 0.325. The zero-order valence-electron chi connectivity index (χ0n) is 16.8. The number of anilines is 1. The van der Waals surface area contributed by atoms with E-state index in [1.807, 2.05) is 24.3 Å². The highest BCUT2D eigenvalue weighted by atomic mass is 32.2. The minimum absolute atomic E-state index is 0.0655. The van der Waals surface area contributed by atoms with E-state index in [0.29, 0.717) is 11.8 Å². The van der Waals surface area contributed by atoms with E-state index in [0.717, 1.165) is 30.7 Å². The molecule has 1 atom stereocenters. The smallest absolute Gasteiger partial charge is 0.310 e. The first-order valence-electron chi connectivity index (χ1n) is 9.61. The van der Waals surface area contributed by atoms with Gasteiger partial charge < -0.3 is 4.90 Å². The normalized spacial score (nSPS) is 15.9.